The zero-order valence-electron chi connectivity index (χ0n) is 13.2. The van der Waals surface area contributed by atoms with Gasteiger partial charge in [0.1, 0.15) is 17.8 Å². The molecule has 3 heterocycles. The van der Waals surface area contributed by atoms with Crippen LogP contribution >= 0.6 is 15.9 Å². The third-order valence-electron chi connectivity index (χ3n) is 4.39. The fourth-order valence-electron chi connectivity index (χ4n) is 3.22. The van der Waals surface area contributed by atoms with Crippen molar-refractivity contribution in [3.05, 3.63) is 22.4 Å². The van der Waals surface area contributed by atoms with Crippen LogP contribution in [0.5, 0.6) is 0 Å². The number of fused-ring (bicyclic) bond motifs is 1. The predicted molar refractivity (Wildman–Crippen MR) is 78.4 cm³/mol. The van der Waals surface area contributed by atoms with Crippen molar-refractivity contribution in [2.45, 2.75) is 43.1 Å². The summed E-state index contributed by atoms with van der Waals surface area (Å²) in [6.45, 7) is -0.790. The quantitative estimate of drug-likeness (QED) is 0.537. The van der Waals surface area contributed by atoms with Gasteiger partial charge in [0, 0.05) is 23.6 Å². The fraction of sp³-hybridized carbons (Fsp3) is 0.571. The van der Waals surface area contributed by atoms with Crippen LogP contribution < -0.4 is 0 Å². The lowest BCUT2D eigenvalue weighted by Gasteiger charge is -2.42. The van der Waals surface area contributed by atoms with Gasteiger partial charge in [-0.15, -0.1) is 0 Å². The molecule has 2 aliphatic heterocycles. The first-order valence-electron chi connectivity index (χ1n) is 7.55. The van der Waals surface area contributed by atoms with E-state index in [1.54, 1.807) is 0 Å². The van der Waals surface area contributed by atoms with Crippen molar-refractivity contribution in [1.82, 2.24) is 9.88 Å². The van der Waals surface area contributed by atoms with Crippen molar-refractivity contribution in [2.24, 2.45) is 0 Å². The predicted octanol–water partition coefficient (Wildman–Crippen LogP) is 3.14. The van der Waals surface area contributed by atoms with Crippen LogP contribution in [0.4, 0.5) is 26.3 Å². The maximum Gasteiger partial charge on any atom is 0.453 e. The molecule has 1 aromatic heterocycles. The van der Waals surface area contributed by atoms with Crippen LogP contribution in [0.1, 0.15) is 23.3 Å². The highest BCUT2D eigenvalue weighted by atomic mass is 79.9. The number of ether oxygens (including phenoxy) is 2. The van der Waals surface area contributed by atoms with Crippen LogP contribution in [0.25, 0.3) is 0 Å². The Bertz CT molecular complexity index is 748. The van der Waals surface area contributed by atoms with Crippen molar-refractivity contribution >= 4 is 27.9 Å². The molecule has 150 valence electrons. The van der Waals surface area contributed by atoms with E-state index < -0.39 is 55.1 Å². The van der Waals surface area contributed by atoms with Crippen molar-refractivity contribution < 1.29 is 45.4 Å². The first kappa shape index (κ1) is 20.0. The molecule has 0 unspecified atom stereocenters. The molecule has 1 N–H and O–H groups in total. The highest BCUT2D eigenvalue weighted by molar-refractivity contribution is 9.10. The first-order valence-corrected chi connectivity index (χ1v) is 8.34. The van der Waals surface area contributed by atoms with E-state index in [2.05, 4.69) is 25.7 Å². The summed E-state index contributed by atoms with van der Waals surface area (Å²) < 4.78 is 89.0. The number of carbonyl (C=O) groups is 2. The Hall–Kier alpha value is -1.76. The standard InChI is InChI=1S/C14H11BrF6N2O4/c15-6-3-8(22-5-6)10(24)26-7-1-2-23-9(4-7)11(25)27-12(23,13(16,17)18)14(19,20)21/h3,5,7,9,22H,1-2,4H2/t7-,9-/m1/s1. The molecule has 3 rings (SSSR count). The third kappa shape index (κ3) is 3.20. The second-order valence-corrected chi connectivity index (χ2v) is 6.97. The van der Waals surface area contributed by atoms with Crippen LogP contribution in [0, 0.1) is 0 Å². The van der Waals surface area contributed by atoms with Gasteiger partial charge in [-0.05, 0) is 28.4 Å². The molecule has 13 heteroatoms. The number of cyclic esters (lactones) is 1. The van der Waals surface area contributed by atoms with Crippen LogP contribution in [-0.4, -0.2) is 58.6 Å². The van der Waals surface area contributed by atoms with E-state index in [1.165, 1.54) is 12.3 Å². The molecule has 0 aromatic carbocycles. The molecule has 2 atom stereocenters. The Morgan fingerprint density at radius 3 is 2.44 bits per heavy atom. The highest BCUT2D eigenvalue weighted by Gasteiger charge is 2.82. The van der Waals surface area contributed by atoms with Crippen LogP contribution in [-0.2, 0) is 14.3 Å². The maximum atomic E-state index is 13.3. The summed E-state index contributed by atoms with van der Waals surface area (Å²) in [6, 6.07) is -0.435. The molecule has 0 bridgehead atoms. The highest BCUT2D eigenvalue weighted by Crippen LogP contribution is 2.53. The fourth-order valence-corrected chi connectivity index (χ4v) is 3.56. The summed E-state index contributed by atoms with van der Waals surface area (Å²) in [6.07, 6.45) is -12.2. The SMILES string of the molecule is O=C(O[C@@H]1CCN2[C@H](C1)C(=O)OC2(C(F)(F)F)C(F)(F)F)c1cc(Br)c[nH]1. The largest absolute Gasteiger partial charge is 0.458 e. The topological polar surface area (TPSA) is 71.6 Å². The Labute approximate surface area is 155 Å². The normalized spacial score (nSPS) is 25.8. The van der Waals surface area contributed by atoms with Crippen molar-refractivity contribution in [3.8, 4) is 0 Å². The molecule has 0 saturated carbocycles. The van der Waals surface area contributed by atoms with E-state index in [-0.39, 0.29) is 17.0 Å². The van der Waals surface area contributed by atoms with Crippen molar-refractivity contribution in [2.75, 3.05) is 6.54 Å². The molecular weight excluding hydrogens is 454 g/mol. The molecule has 0 radical (unpaired) electrons. The van der Waals surface area contributed by atoms with E-state index in [9.17, 15) is 35.9 Å². The van der Waals surface area contributed by atoms with Crippen LogP contribution in [0.15, 0.2) is 16.7 Å². The molecule has 2 saturated heterocycles. The molecular formula is C14H11BrF6N2O4. The van der Waals surface area contributed by atoms with Gasteiger partial charge in [-0.2, -0.15) is 26.3 Å². The van der Waals surface area contributed by atoms with Gasteiger partial charge in [0.15, 0.2) is 0 Å². The number of nitrogens with zero attached hydrogens (tertiary/aromatic N) is 1. The smallest absolute Gasteiger partial charge is 0.453 e. The minimum absolute atomic E-state index is 0.0400. The first-order chi connectivity index (χ1) is 12.4. The van der Waals surface area contributed by atoms with Gasteiger partial charge in [0.25, 0.3) is 0 Å². The molecule has 0 spiro atoms. The number of H-pyrrole nitrogens is 1. The van der Waals surface area contributed by atoms with Gasteiger partial charge < -0.3 is 14.5 Å². The van der Waals surface area contributed by atoms with E-state index in [0.29, 0.717) is 4.47 Å². The monoisotopic (exact) mass is 464 g/mol. The summed E-state index contributed by atoms with van der Waals surface area (Å²) in [5, 5.41) is 0. The number of aromatic nitrogens is 1. The van der Waals surface area contributed by atoms with E-state index >= 15 is 0 Å². The summed E-state index contributed by atoms with van der Waals surface area (Å²) in [5.74, 6) is -2.50. The second-order valence-electron chi connectivity index (χ2n) is 6.05. The second kappa shape index (κ2) is 6.40. The molecule has 2 fully saturated rings. The van der Waals surface area contributed by atoms with Gasteiger partial charge in [0.05, 0.1) is 0 Å². The lowest BCUT2D eigenvalue weighted by molar-refractivity contribution is -0.403. The van der Waals surface area contributed by atoms with Crippen LogP contribution in [0.2, 0.25) is 0 Å². The van der Waals surface area contributed by atoms with E-state index in [0.717, 1.165) is 0 Å². The number of aromatic amines is 1. The number of hydrogen-bond donors (Lipinski definition) is 1. The average molecular weight is 465 g/mol. The number of halogens is 7. The van der Waals surface area contributed by atoms with Crippen LogP contribution in [0.3, 0.4) is 0 Å². The number of alkyl halides is 6. The number of rotatable bonds is 2. The lowest BCUT2D eigenvalue weighted by Crippen LogP contribution is -2.68. The van der Waals surface area contributed by atoms with Gasteiger partial charge >= 0.3 is 30.0 Å². The zero-order chi connectivity index (χ0) is 20.2. The van der Waals surface area contributed by atoms with E-state index in [4.69, 9.17) is 4.74 Å². The Kier molecular flexibility index (Phi) is 4.74. The summed E-state index contributed by atoms with van der Waals surface area (Å²) in [7, 11) is 0. The summed E-state index contributed by atoms with van der Waals surface area (Å²) in [5.41, 5.74) is -4.65. The van der Waals surface area contributed by atoms with Gasteiger partial charge in [-0.1, -0.05) is 0 Å². The summed E-state index contributed by atoms with van der Waals surface area (Å²) >= 11 is 3.10. The van der Waals surface area contributed by atoms with Gasteiger partial charge in [0.2, 0.25) is 0 Å². The molecule has 1 aromatic rings. The van der Waals surface area contributed by atoms with Gasteiger partial charge in [-0.25, -0.2) is 9.69 Å². The molecule has 2 aliphatic rings. The number of piperidine rings is 1. The minimum Gasteiger partial charge on any atom is -0.458 e. The molecule has 6 nitrogen and oxygen atoms in total. The number of carbonyl (C=O) groups excluding carboxylic acids is 2. The van der Waals surface area contributed by atoms with Crippen molar-refractivity contribution in [1.29, 1.82) is 0 Å². The number of esters is 2. The molecule has 27 heavy (non-hydrogen) atoms. The van der Waals surface area contributed by atoms with E-state index in [1.807, 2.05) is 0 Å². The Morgan fingerprint density at radius 2 is 1.93 bits per heavy atom. The Morgan fingerprint density at radius 1 is 1.30 bits per heavy atom. The number of nitrogens with one attached hydrogen (secondary N) is 1. The van der Waals surface area contributed by atoms with Gasteiger partial charge in [-0.3, -0.25) is 4.79 Å². The zero-order valence-corrected chi connectivity index (χ0v) is 14.7. The molecule has 0 aliphatic carbocycles. The average Bonchev–Trinajstić information content (AvgIpc) is 3.09. The third-order valence-corrected chi connectivity index (χ3v) is 4.85. The Balaban J connectivity index is 1.79. The van der Waals surface area contributed by atoms with Crippen molar-refractivity contribution in [3.63, 3.8) is 0 Å². The lowest BCUT2D eigenvalue weighted by atomic mass is 9.97. The minimum atomic E-state index is -5.88. The summed E-state index contributed by atoms with van der Waals surface area (Å²) in [4.78, 5) is 26.3. The number of hydrogen-bond acceptors (Lipinski definition) is 5. The maximum absolute atomic E-state index is 13.3. The molecule has 0 amide bonds.